The number of benzene rings is 1. The number of H-pyrrole nitrogens is 1. The summed E-state index contributed by atoms with van der Waals surface area (Å²) in [6, 6.07) is 5.46. The van der Waals surface area contributed by atoms with Crippen LogP contribution in [-0.2, 0) is 0 Å². The van der Waals surface area contributed by atoms with Gasteiger partial charge in [0.05, 0.1) is 0 Å². The Balaban J connectivity index is 2.70. The second kappa shape index (κ2) is 4.14. The smallest absolute Gasteiger partial charge is 0.354 e. The number of nitrogens with zero attached hydrogens (tertiary/aromatic N) is 1. The Labute approximate surface area is 101 Å². The molecular formula is C11H9FN2O2S. The van der Waals surface area contributed by atoms with Crippen molar-refractivity contribution in [2.45, 2.75) is 6.92 Å². The number of hydrogen-bond acceptors (Lipinski definition) is 2. The number of halogens is 1. The number of hydrogen-bond donors (Lipinski definition) is 2. The number of carboxylic acid groups (broad SMARTS) is 1. The first kappa shape index (κ1) is 11.5. The van der Waals surface area contributed by atoms with Crippen molar-refractivity contribution in [2.24, 2.45) is 0 Å². The van der Waals surface area contributed by atoms with Crippen molar-refractivity contribution in [3.63, 3.8) is 0 Å². The Hall–Kier alpha value is -1.95. The minimum absolute atomic E-state index is 0.0570. The van der Waals surface area contributed by atoms with Gasteiger partial charge in [-0.2, -0.15) is 0 Å². The van der Waals surface area contributed by atoms with Crippen LogP contribution >= 0.6 is 12.2 Å². The summed E-state index contributed by atoms with van der Waals surface area (Å²) in [4.78, 5) is 13.9. The Morgan fingerprint density at radius 3 is 2.53 bits per heavy atom. The topological polar surface area (TPSA) is 58.0 Å². The van der Waals surface area contributed by atoms with Gasteiger partial charge in [-0.05, 0) is 43.4 Å². The summed E-state index contributed by atoms with van der Waals surface area (Å²) < 4.78 is 14.4. The Kier molecular flexibility index (Phi) is 2.81. The van der Waals surface area contributed by atoms with Crippen LogP contribution in [-0.4, -0.2) is 20.6 Å². The van der Waals surface area contributed by atoms with Crippen LogP contribution in [0.25, 0.3) is 5.69 Å². The second-order valence-corrected chi connectivity index (χ2v) is 3.91. The first-order valence-corrected chi connectivity index (χ1v) is 5.22. The van der Waals surface area contributed by atoms with E-state index in [-0.39, 0.29) is 16.3 Å². The lowest BCUT2D eigenvalue weighted by Crippen LogP contribution is -2.08. The largest absolute Gasteiger partial charge is 0.477 e. The molecule has 6 heteroatoms. The Morgan fingerprint density at radius 1 is 1.41 bits per heavy atom. The van der Waals surface area contributed by atoms with Gasteiger partial charge in [-0.3, -0.25) is 4.57 Å². The molecule has 88 valence electrons. The summed E-state index contributed by atoms with van der Waals surface area (Å²) in [7, 11) is 0. The molecule has 0 aliphatic rings. The minimum Gasteiger partial charge on any atom is -0.477 e. The average molecular weight is 252 g/mol. The lowest BCUT2D eigenvalue weighted by molar-refractivity contribution is 0.0687. The number of imidazole rings is 1. The zero-order valence-corrected chi connectivity index (χ0v) is 9.71. The van der Waals surface area contributed by atoms with Crippen LogP contribution in [0.2, 0.25) is 0 Å². The van der Waals surface area contributed by atoms with Crippen LogP contribution in [0.1, 0.15) is 16.2 Å². The maximum Gasteiger partial charge on any atom is 0.354 e. The molecule has 1 heterocycles. The lowest BCUT2D eigenvalue weighted by Gasteiger charge is -2.05. The molecule has 0 amide bonds. The molecule has 0 saturated heterocycles. The zero-order valence-electron chi connectivity index (χ0n) is 8.90. The highest BCUT2D eigenvalue weighted by Gasteiger charge is 2.16. The van der Waals surface area contributed by atoms with Gasteiger partial charge < -0.3 is 10.1 Å². The fraction of sp³-hybridized carbons (Fsp3) is 0.0909. The number of aromatic nitrogens is 2. The zero-order chi connectivity index (χ0) is 12.6. The van der Waals surface area contributed by atoms with Gasteiger partial charge in [0.1, 0.15) is 5.82 Å². The van der Waals surface area contributed by atoms with Crippen LogP contribution in [0.4, 0.5) is 4.39 Å². The molecule has 2 aromatic rings. The van der Waals surface area contributed by atoms with Crippen LogP contribution in [0.15, 0.2) is 24.3 Å². The number of aromatic amines is 1. The second-order valence-electron chi connectivity index (χ2n) is 3.52. The van der Waals surface area contributed by atoms with Gasteiger partial charge in [-0.15, -0.1) is 0 Å². The lowest BCUT2D eigenvalue weighted by atomic mass is 10.3. The molecule has 1 aromatic heterocycles. The normalized spacial score (nSPS) is 10.5. The molecule has 0 spiro atoms. The third-order valence-corrected chi connectivity index (χ3v) is 2.65. The molecule has 0 aliphatic heterocycles. The molecule has 4 nitrogen and oxygen atoms in total. The highest BCUT2D eigenvalue weighted by molar-refractivity contribution is 7.71. The fourth-order valence-corrected chi connectivity index (χ4v) is 1.99. The molecule has 17 heavy (non-hydrogen) atoms. The van der Waals surface area contributed by atoms with Gasteiger partial charge in [0.15, 0.2) is 10.5 Å². The number of aryl methyl sites for hydroxylation is 1. The van der Waals surface area contributed by atoms with Crippen molar-refractivity contribution in [3.8, 4) is 5.69 Å². The number of nitrogens with one attached hydrogen (secondary N) is 1. The summed E-state index contributed by atoms with van der Waals surface area (Å²) >= 11 is 5.04. The third-order valence-electron chi connectivity index (χ3n) is 2.36. The average Bonchev–Trinajstić information content (AvgIpc) is 2.55. The van der Waals surface area contributed by atoms with Crippen LogP contribution in [0.5, 0.6) is 0 Å². The van der Waals surface area contributed by atoms with E-state index in [1.54, 1.807) is 6.92 Å². The van der Waals surface area contributed by atoms with Crippen molar-refractivity contribution in [2.75, 3.05) is 0 Å². The molecule has 0 fully saturated rings. The van der Waals surface area contributed by atoms with Crippen molar-refractivity contribution in [1.82, 2.24) is 9.55 Å². The predicted octanol–water partition coefficient (Wildman–Crippen LogP) is 2.68. The maximum atomic E-state index is 12.8. The molecule has 0 radical (unpaired) electrons. The van der Waals surface area contributed by atoms with Crippen molar-refractivity contribution < 1.29 is 14.3 Å². The Morgan fingerprint density at radius 2 is 2.00 bits per heavy atom. The molecule has 0 atom stereocenters. The summed E-state index contributed by atoms with van der Waals surface area (Å²) in [6.45, 7) is 1.62. The van der Waals surface area contributed by atoms with Gasteiger partial charge in [0.25, 0.3) is 0 Å². The number of carboxylic acids is 1. The Bertz CT molecular complexity index is 628. The van der Waals surface area contributed by atoms with Gasteiger partial charge in [-0.1, -0.05) is 0 Å². The van der Waals surface area contributed by atoms with Crippen LogP contribution in [0.3, 0.4) is 0 Å². The monoisotopic (exact) mass is 252 g/mol. The standard InChI is InChI=1S/C11H9FN2O2S/c1-6-9(10(15)16)14(11(17)13-6)8-4-2-7(12)3-5-8/h2-5H,1H3,(H,13,17)(H,15,16). The van der Waals surface area contributed by atoms with Crippen molar-refractivity contribution >= 4 is 18.2 Å². The van der Waals surface area contributed by atoms with E-state index in [0.29, 0.717) is 11.4 Å². The molecule has 2 N–H and O–H groups in total. The molecule has 1 aromatic carbocycles. The van der Waals surface area contributed by atoms with Crippen molar-refractivity contribution in [1.29, 1.82) is 0 Å². The molecule has 0 saturated carbocycles. The first-order chi connectivity index (χ1) is 8.00. The van der Waals surface area contributed by atoms with Gasteiger partial charge >= 0.3 is 5.97 Å². The minimum atomic E-state index is -1.08. The van der Waals surface area contributed by atoms with Crippen LogP contribution < -0.4 is 0 Å². The molecule has 0 aliphatic carbocycles. The van der Waals surface area contributed by atoms with Gasteiger partial charge in [0.2, 0.25) is 0 Å². The number of rotatable bonds is 2. The quantitative estimate of drug-likeness (QED) is 0.808. The van der Waals surface area contributed by atoms with E-state index in [9.17, 15) is 9.18 Å². The first-order valence-electron chi connectivity index (χ1n) is 4.81. The van der Waals surface area contributed by atoms with E-state index >= 15 is 0 Å². The summed E-state index contributed by atoms with van der Waals surface area (Å²) in [5.41, 5.74) is 1.03. The van der Waals surface area contributed by atoms with E-state index in [1.807, 2.05) is 0 Å². The summed E-state index contributed by atoms with van der Waals surface area (Å²) in [5, 5.41) is 9.11. The maximum absolute atomic E-state index is 12.8. The fourth-order valence-electron chi connectivity index (χ4n) is 1.64. The molecular weight excluding hydrogens is 243 g/mol. The highest BCUT2D eigenvalue weighted by atomic mass is 32.1. The summed E-state index contributed by atoms with van der Waals surface area (Å²) in [6.07, 6.45) is 0. The third kappa shape index (κ3) is 1.99. The SMILES string of the molecule is Cc1[nH]c(=S)n(-c2ccc(F)cc2)c1C(=O)O. The number of aromatic carboxylic acids is 1. The van der Waals surface area contributed by atoms with Gasteiger partial charge in [0, 0.05) is 11.4 Å². The molecule has 2 rings (SSSR count). The van der Waals surface area contributed by atoms with Crippen LogP contribution in [0, 0.1) is 17.5 Å². The van der Waals surface area contributed by atoms with E-state index in [4.69, 9.17) is 17.3 Å². The summed E-state index contributed by atoms with van der Waals surface area (Å²) in [5.74, 6) is -1.47. The highest BCUT2D eigenvalue weighted by Crippen LogP contribution is 2.16. The van der Waals surface area contributed by atoms with E-state index < -0.39 is 5.97 Å². The van der Waals surface area contributed by atoms with E-state index in [2.05, 4.69) is 4.98 Å². The molecule has 0 unspecified atom stereocenters. The van der Waals surface area contributed by atoms with Crippen molar-refractivity contribution in [3.05, 3.63) is 46.2 Å². The van der Waals surface area contributed by atoms with E-state index in [1.165, 1.54) is 28.8 Å². The van der Waals surface area contributed by atoms with E-state index in [0.717, 1.165) is 0 Å². The van der Waals surface area contributed by atoms with Gasteiger partial charge in [-0.25, -0.2) is 9.18 Å². The molecule has 0 bridgehead atoms. The predicted molar refractivity (Wildman–Crippen MR) is 62.6 cm³/mol. The number of carbonyl (C=O) groups is 1.